The first-order chi connectivity index (χ1) is 7.93. The molecular formula is C13H27NO2. The largest absolute Gasteiger partial charge is 0.380 e. The molecule has 1 rings (SSSR count). The average molecular weight is 229 g/mol. The third-order valence-corrected chi connectivity index (χ3v) is 2.96. The quantitative estimate of drug-likeness (QED) is 0.583. The van der Waals surface area contributed by atoms with Gasteiger partial charge in [0.15, 0.2) is 0 Å². The minimum Gasteiger partial charge on any atom is -0.380 e. The van der Waals surface area contributed by atoms with E-state index in [1.165, 1.54) is 38.5 Å². The fraction of sp³-hybridized carbons (Fsp3) is 1.00. The van der Waals surface area contributed by atoms with Crippen LogP contribution >= 0.6 is 0 Å². The van der Waals surface area contributed by atoms with Crippen molar-refractivity contribution in [1.82, 2.24) is 5.32 Å². The fourth-order valence-electron chi connectivity index (χ4n) is 1.95. The zero-order valence-corrected chi connectivity index (χ0v) is 10.7. The Morgan fingerprint density at radius 2 is 2.19 bits per heavy atom. The molecule has 1 unspecified atom stereocenters. The lowest BCUT2D eigenvalue weighted by molar-refractivity contribution is 0.101. The van der Waals surface area contributed by atoms with Crippen molar-refractivity contribution in [2.24, 2.45) is 0 Å². The van der Waals surface area contributed by atoms with Gasteiger partial charge in [-0.05, 0) is 19.3 Å². The van der Waals surface area contributed by atoms with Crippen LogP contribution in [0.3, 0.4) is 0 Å². The molecule has 1 atom stereocenters. The van der Waals surface area contributed by atoms with E-state index < -0.39 is 0 Å². The molecule has 0 amide bonds. The number of rotatable bonds is 10. The first-order valence-electron chi connectivity index (χ1n) is 6.83. The monoisotopic (exact) mass is 229 g/mol. The van der Waals surface area contributed by atoms with Crippen LogP contribution in [0, 0.1) is 0 Å². The maximum atomic E-state index is 5.54. The normalized spacial score (nSPS) is 20.4. The summed E-state index contributed by atoms with van der Waals surface area (Å²) >= 11 is 0. The van der Waals surface area contributed by atoms with Gasteiger partial charge in [-0.1, -0.05) is 26.2 Å². The zero-order valence-electron chi connectivity index (χ0n) is 10.7. The summed E-state index contributed by atoms with van der Waals surface area (Å²) in [5.41, 5.74) is 0. The Morgan fingerprint density at radius 1 is 1.25 bits per heavy atom. The summed E-state index contributed by atoms with van der Waals surface area (Å²) in [5.74, 6) is 0. The SMILES string of the molecule is CCCCCCOCCNCC1CCCO1. The number of ether oxygens (including phenoxy) is 2. The Morgan fingerprint density at radius 3 is 2.94 bits per heavy atom. The highest BCUT2D eigenvalue weighted by Gasteiger charge is 2.13. The third-order valence-electron chi connectivity index (χ3n) is 2.96. The molecule has 1 aliphatic rings. The molecule has 1 aliphatic heterocycles. The summed E-state index contributed by atoms with van der Waals surface area (Å²) in [6.45, 7) is 6.86. The van der Waals surface area contributed by atoms with Crippen molar-refractivity contribution in [3.63, 3.8) is 0 Å². The van der Waals surface area contributed by atoms with E-state index in [9.17, 15) is 0 Å². The molecule has 0 aliphatic carbocycles. The van der Waals surface area contributed by atoms with E-state index in [0.29, 0.717) is 6.10 Å². The van der Waals surface area contributed by atoms with Gasteiger partial charge in [-0.25, -0.2) is 0 Å². The molecule has 0 aromatic rings. The molecule has 1 saturated heterocycles. The van der Waals surface area contributed by atoms with Gasteiger partial charge in [-0.3, -0.25) is 0 Å². The van der Waals surface area contributed by atoms with Crippen molar-refractivity contribution >= 4 is 0 Å². The van der Waals surface area contributed by atoms with Gasteiger partial charge in [0, 0.05) is 26.3 Å². The second-order valence-corrected chi connectivity index (χ2v) is 4.51. The zero-order chi connectivity index (χ0) is 11.5. The Hall–Kier alpha value is -0.120. The molecule has 0 aromatic carbocycles. The van der Waals surface area contributed by atoms with Crippen molar-refractivity contribution in [3.8, 4) is 0 Å². The van der Waals surface area contributed by atoms with Gasteiger partial charge in [0.25, 0.3) is 0 Å². The van der Waals surface area contributed by atoms with Crippen LogP contribution in [0.15, 0.2) is 0 Å². The van der Waals surface area contributed by atoms with Crippen molar-refractivity contribution in [2.45, 2.75) is 51.6 Å². The molecule has 16 heavy (non-hydrogen) atoms. The average Bonchev–Trinajstić information content (AvgIpc) is 2.80. The van der Waals surface area contributed by atoms with E-state index in [1.54, 1.807) is 0 Å². The van der Waals surface area contributed by atoms with Crippen molar-refractivity contribution in [3.05, 3.63) is 0 Å². The van der Waals surface area contributed by atoms with Crippen molar-refractivity contribution in [1.29, 1.82) is 0 Å². The first-order valence-corrected chi connectivity index (χ1v) is 6.83. The fourth-order valence-corrected chi connectivity index (χ4v) is 1.95. The minimum absolute atomic E-state index is 0.449. The highest BCUT2D eigenvalue weighted by Crippen LogP contribution is 2.10. The summed E-state index contributed by atoms with van der Waals surface area (Å²) in [6, 6.07) is 0. The molecule has 1 fully saturated rings. The Balaban J connectivity index is 1.71. The van der Waals surface area contributed by atoms with Crippen LogP contribution in [0.25, 0.3) is 0 Å². The summed E-state index contributed by atoms with van der Waals surface area (Å²) in [6.07, 6.45) is 8.03. The van der Waals surface area contributed by atoms with Crippen molar-refractivity contribution < 1.29 is 9.47 Å². The molecule has 0 aromatic heterocycles. The summed E-state index contributed by atoms with van der Waals surface area (Å²) < 4.78 is 11.1. The van der Waals surface area contributed by atoms with Gasteiger partial charge in [0.05, 0.1) is 12.7 Å². The highest BCUT2D eigenvalue weighted by molar-refractivity contribution is 4.66. The number of unbranched alkanes of at least 4 members (excludes halogenated alkanes) is 3. The number of hydrogen-bond acceptors (Lipinski definition) is 3. The molecule has 3 heteroatoms. The lowest BCUT2D eigenvalue weighted by atomic mass is 10.2. The van der Waals surface area contributed by atoms with Crippen LogP contribution in [-0.2, 0) is 9.47 Å². The molecule has 1 N–H and O–H groups in total. The first kappa shape index (κ1) is 13.9. The van der Waals surface area contributed by atoms with E-state index in [0.717, 1.165) is 32.9 Å². The van der Waals surface area contributed by atoms with Crippen LogP contribution in [0.5, 0.6) is 0 Å². The summed E-state index contributed by atoms with van der Waals surface area (Å²) in [4.78, 5) is 0. The molecule has 0 bridgehead atoms. The summed E-state index contributed by atoms with van der Waals surface area (Å²) in [7, 11) is 0. The van der Waals surface area contributed by atoms with Crippen LogP contribution in [0.2, 0.25) is 0 Å². The smallest absolute Gasteiger partial charge is 0.0700 e. The van der Waals surface area contributed by atoms with Gasteiger partial charge in [-0.15, -0.1) is 0 Å². The van der Waals surface area contributed by atoms with Gasteiger partial charge in [0.2, 0.25) is 0 Å². The van der Waals surface area contributed by atoms with E-state index in [4.69, 9.17) is 9.47 Å². The minimum atomic E-state index is 0.449. The standard InChI is InChI=1S/C13H27NO2/c1-2-3-4-5-9-15-11-8-14-12-13-7-6-10-16-13/h13-14H,2-12H2,1H3. The second-order valence-electron chi connectivity index (χ2n) is 4.51. The van der Waals surface area contributed by atoms with Gasteiger partial charge in [-0.2, -0.15) is 0 Å². The van der Waals surface area contributed by atoms with Crippen molar-refractivity contribution in [2.75, 3.05) is 32.9 Å². The van der Waals surface area contributed by atoms with Crippen LogP contribution in [-0.4, -0.2) is 39.0 Å². The predicted octanol–water partition coefficient (Wildman–Crippen LogP) is 2.35. The van der Waals surface area contributed by atoms with Crippen LogP contribution < -0.4 is 5.32 Å². The Bertz CT molecular complexity index is 147. The molecule has 96 valence electrons. The molecule has 0 radical (unpaired) electrons. The second kappa shape index (κ2) is 10.1. The number of hydrogen-bond donors (Lipinski definition) is 1. The maximum absolute atomic E-state index is 5.54. The predicted molar refractivity (Wildman–Crippen MR) is 66.8 cm³/mol. The lowest BCUT2D eigenvalue weighted by Gasteiger charge is -2.10. The molecule has 0 spiro atoms. The number of nitrogens with one attached hydrogen (secondary N) is 1. The maximum Gasteiger partial charge on any atom is 0.0700 e. The Labute approximate surface area is 99.9 Å². The molecule has 3 nitrogen and oxygen atoms in total. The lowest BCUT2D eigenvalue weighted by Crippen LogP contribution is -2.29. The van der Waals surface area contributed by atoms with E-state index in [2.05, 4.69) is 12.2 Å². The summed E-state index contributed by atoms with van der Waals surface area (Å²) in [5, 5.41) is 3.38. The van der Waals surface area contributed by atoms with Crippen LogP contribution in [0.1, 0.15) is 45.4 Å². The van der Waals surface area contributed by atoms with E-state index in [1.807, 2.05) is 0 Å². The van der Waals surface area contributed by atoms with E-state index >= 15 is 0 Å². The van der Waals surface area contributed by atoms with E-state index in [-0.39, 0.29) is 0 Å². The van der Waals surface area contributed by atoms with Gasteiger partial charge < -0.3 is 14.8 Å². The molecular weight excluding hydrogens is 202 g/mol. The van der Waals surface area contributed by atoms with Gasteiger partial charge in [0.1, 0.15) is 0 Å². The topological polar surface area (TPSA) is 30.5 Å². The highest BCUT2D eigenvalue weighted by atomic mass is 16.5. The Kier molecular flexibility index (Phi) is 8.77. The van der Waals surface area contributed by atoms with Gasteiger partial charge >= 0.3 is 0 Å². The third kappa shape index (κ3) is 7.20. The van der Waals surface area contributed by atoms with Crippen LogP contribution in [0.4, 0.5) is 0 Å². The molecule has 1 heterocycles. The molecule has 0 saturated carbocycles.